The van der Waals surface area contributed by atoms with Gasteiger partial charge in [0.1, 0.15) is 0 Å². The normalized spacial score (nSPS) is 14.8. The molecule has 1 fully saturated rings. The Morgan fingerprint density at radius 1 is 0.821 bits per heavy atom. The molecule has 1 aliphatic rings. The van der Waals surface area contributed by atoms with E-state index in [0.29, 0.717) is 98.9 Å². The predicted molar refractivity (Wildman–Crippen MR) is 99.3 cm³/mol. The van der Waals surface area contributed by atoms with E-state index in [1.807, 2.05) is 0 Å². The minimum atomic E-state index is -0.865. The minimum absolute atomic E-state index is 0.328. The summed E-state index contributed by atoms with van der Waals surface area (Å²) < 4.78 is 26.8. The average Bonchev–Trinajstić information content (AvgIpc) is 2.70. The summed E-state index contributed by atoms with van der Waals surface area (Å²) in [4.78, 5) is 16.9. The monoisotopic (exact) mass is 405 g/mol. The van der Waals surface area contributed by atoms with E-state index < -0.39 is 6.09 Å². The summed E-state index contributed by atoms with van der Waals surface area (Å²) in [5.41, 5.74) is 8.08. The highest BCUT2D eigenvalue weighted by Gasteiger charge is 2.19. The molecule has 12 heteroatoms. The van der Waals surface area contributed by atoms with Crippen LogP contribution < -0.4 is 0 Å². The second-order valence-electron chi connectivity index (χ2n) is 5.83. The fourth-order valence-electron chi connectivity index (χ4n) is 2.29. The largest absolute Gasteiger partial charge is 0.465 e. The molecule has 0 aromatic carbocycles. The Bertz CT molecular complexity index is 443. The van der Waals surface area contributed by atoms with Crippen molar-refractivity contribution < 1.29 is 33.6 Å². The Morgan fingerprint density at radius 3 is 1.75 bits per heavy atom. The van der Waals surface area contributed by atoms with Gasteiger partial charge in [-0.1, -0.05) is 5.11 Å². The Hall–Kier alpha value is -1.66. The van der Waals surface area contributed by atoms with E-state index in [9.17, 15) is 4.79 Å². The van der Waals surface area contributed by atoms with Gasteiger partial charge in [0.15, 0.2) is 0 Å². The van der Waals surface area contributed by atoms with Crippen molar-refractivity contribution in [2.45, 2.75) is 0 Å². The number of hydrogen-bond donors (Lipinski definition) is 1. The van der Waals surface area contributed by atoms with Gasteiger partial charge in [0.05, 0.1) is 66.2 Å². The summed E-state index contributed by atoms with van der Waals surface area (Å²) in [5, 5.41) is 12.2. The third-order valence-electron chi connectivity index (χ3n) is 3.80. The molecule has 1 heterocycles. The van der Waals surface area contributed by atoms with Crippen molar-refractivity contribution in [3.05, 3.63) is 10.4 Å². The van der Waals surface area contributed by atoms with Crippen molar-refractivity contribution in [3.63, 3.8) is 0 Å². The summed E-state index contributed by atoms with van der Waals surface area (Å²) in [7, 11) is 0. The summed E-state index contributed by atoms with van der Waals surface area (Å²) in [5.74, 6) is 0. The molecule has 1 rings (SSSR count). The number of ether oxygens (including phenoxy) is 5. The number of carboxylic acid groups (broad SMARTS) is 1. The van der Waals surface area contributed by atoms with Gasteiger partial charge in [0.2, 0.25) is 0 Å². The van der Waals surface area contributed by atoms with E-state index in [1.54, 1.807) is 0 Å². The van der Waals surface area contributed by atoms with Crippen LogP contribution >= 0.6 is 0 Å². The second kappa shape index (κ2) is 17.4. The molecule has 0 saturated carbocycles. The maximum absolute atomic E-state index is 10.8. The molecular weight excluding hydrogens is 374 g/mol. The molecule has 12 nitrogen and oxygen atoms in total. The number of carbonyl (C=O) groups is 1. The summed E-state index contributed by atoms with van der Waals surface area (Å²) in [6.07, 6.45) is -0.865. The van der Waals surface area contributed by atoms with Gasteiger partial charge >= 0.3 is 6.09 Å². The number of hydrogen-bond acceptors (Lipinski definition) is 8. The first kappa shape index (κ1) is 24.4. The van der Waals surface area contributed by atoms with Crippen molar-refractivity contribution in [2.24, 2.45) is 5.11 Å². The lowest BCUT2D eigenvalue weighted by atomic mass is 10.3. The van der Waals surface area contributed by atoms with Gasteiger partial charge in [-0.25, -0.2) is 4.79 Å². The average molecular weight is 405 g/mol. The van der Waals surface area contributed by atoms with Crippen molar-refractivity contribution in [3.8, 4) is 0 Å². The fourth-order valence-corrected chi connectivity index (χ4v) is 2.29. The topological polar surface area (TPSA) is 139 Å². The molecule has 162 valence electrons. The number of amides is 1. The highest BCUT2D eigenvalue weighted by atomic mass is 16.6. The molecule has 0 aromatic heterocycles. The molecule has 1 saturated heterocycles. The first-order valence-electron chi connectivity index (χ1n) is 9.34. The Labute approximate surface area is 164 Å². The molecule has 0 unspecified atom stereocenters. The molecule has 0 radical (unpaired) electrons. The lowest BCUT2D eigenvalue weighted by Crippen LogP contribution is -2.48. The van der Waals surface area contributed by atoms with Crippen LogP contribution in [0.25, 0.3) is 10.4 Å². The molecule has 0 spiro atoms. The third kappa shape index (κ3) is 13.5. The molecule has 28 heavy (non-hydrogen) atoms. The van der Waals surface area contributed by atoms with Crippen LogP contribution in [0.3, 0.4) is 0 Å². The first-order valence-corrected chi connectivity index (χ1v) is 9.34. The zero-order valence-corrected chi connectivity index (χ0v) is 16.2. The van der Waals surface area contributed by atoms with Crippen LogP contribution in [-0.4, -0.2) is 120 Å². The summed E-state index contributed by atoms with van der Waals surface area (Å²) in [6.45, 7) is 7.46. The zero-order valence-electron chi connectivity index (χ0n) is 16.2. The van der Waals surface area contributed by atoms with Crippen LogP contribution in [0, 0.1) is 0 Å². The van der Waals surface area contributed by atoms with Crippen LogP contribution in [-0.2, 0) is 23.7 Å². The summed E-state index contributed by atoms with van der Waals surface area (Å²) >= 11 is 0. The lowest BCUT2D eigenvalue weighted by Gasteiger charge is -2.32. The molecule has 0 aromatic rings. The molecule has 1 N–H and O–H groups in total. The van der Waals surface area contributed by atoms with Crippen molar-refractivity contribution >= 4 is 6.09 Å². The number of piperazine rings is 1. The quantitative estimate of drug-likeness (QED) is 0.161. The van der Waals surface area contributed by atoms with Crippen LogP contribution in [0.5, 0.6) is 0 Å². The van der Waals surface area contributed by atoms with Gasteiger partial charge in [-0.2, -0.15) is 0 Å². The van der Waals surface area contributed by atoms with Crippen molar-refractivity contribution in [1.82, 2.24) is 9.80 Å². The Kier molecular flexibility index (Phi) is 15.2. The molecule has 0 bridgehead atoms. The number of rotatable bonds is 17. The smallest absolute Gasteiger partial charge is 0.407 e. The second-order valence-corrected chi connectivity index (χ2v) is 5.83. The van der Waals surface area contributed by atoms with E-state index >= 15 is 0 Å². The van der Waals surface area contributed by atoms with Crippen molar-refractivity contribution in [1.29, 1.82) is 0 Å². The van der Waals surface area contributed by atoms with Gasteiger partial charge in [-0.05, 0) is 5.53 Å². The fraction of sp³-hybridized carbons (Fsp3) is 0.938. The van der Waals surface area contributed by atoms with E-state index in [0.717, 1.165) is 0 Å². The van der Waals surface area contributed by atoms with Gasteiger partial charge in [0, 0.05) is 37.6 Å². The Morgan fingerprint density at radius 2 is 1.29 bits per heavy atom. The minimum Gasteiger partial charge on any atom is -0.465 e. The van der Waals surface area contributed by atoms with Gasteiger partial charge < -0.3 is 33.7 Å². The van der Waals surface area contributed by atoms with E-state index in [1.165, 1.54) is 4.90 Å². The zero-order chi connectivity index (χ0) is 20.3. The highest BCUT2D eigenvalue weighted by molar-refractivity contribution is 5.65. The van der Waals surface area contributed by atoms with Crippen molar-refractivity contribution in [2.75, 3.05) is 98.9 Å². The molecule has 1 aliphatic heterocycles. The standard InChI is InChI=1S/C16H31N5O7/c17-19-18-1-6-24-7-8-25-9-10-26-11-12-27-13-14-28-15-20-2-4-21(5-3-20)16(22)23/h1-15H2,(H,22,23). The third-order valence-corrected chi connectivity index (χ3v) is 3.80. The van der Waals surface area contributed by atoms with Gasteiger partial charge in [-0.3, -0.25) is 4.90 Å². The van der Waals surface area contributed by atoms with Crippen LogP contribution in [0.15, 0.2) is 5.11 Å². The van der Waals surface area contributed by atoms with Gasteiger partial charge in [0.25, 0.3) is 0 Å². The van der Waals surface area contributed by atoms with E-state index in [2.05, 4.69) is 14.9 Å². The predicted octanol–water partition coefficient (Wildman–Crippen LogP) is 0.633. The summed E-state index contributed by atoms with van der Waals surface area (Å²) in [6, 6.07) is 0. The molecular formula is C16H31N5O7. The molecule has 0 atom stereocenters. The highest BCUT2D eigenvalue weighted by Crippen LogP contribution is 2.01. The van der Waals surface area contributed by atoms with Crippen LogP contribution in [0.2, 0.25) is 0 Å². The van der Waals surface area contributed by atoms with E-state index in [4.69, 9.17) is 34.3 Å². The molecule has 1 amide bonds. The number of nitrogens with zero attached hydrogens (tertiary/aromatic N) is 5. The Balaban J connectivity index is 1.73. The number of azide groups is 1. The maximum Gasteiger partial charge on any atom is 0.407 e. The first-order chi connectivity index (χ1) is 13.7. The SMILES string of the molecule is [N-]=[N+]=NCCOCCOCCOCCOCCOCN1CCN(C(=O)O)CC1. The molecule has 0 aliphatic carbocycles. The van der Waals surface area contributed by atoms with E-state index in [-0.39, 0.29) is 0 Å². The lowest BCUT2D eigenvalue weighted by molar-refractivity contribution is -0.0331. The van der Waals surface area contributed by atoms with Crippen LogP contribution in [0.1, 0.15) is 0 Å². The maximum atomic E-state index is 10.8. The van der Waals surface area contributed by atoms with Crippen LogP contribution in [0.4, 0.5) is 4.79 Å². The van der Waals surface area contributed by atoms with Gasteiger partial charge in [-0.15, -0.1) is 0 Å².